The van der Waals surface area contributed by atoms with Gasteiger partial charge >= 0.3 is 0 Å². The lowest BCUT2D eigenvalue weighted by atomic mass is 10.1. The molecular formula is C18H19FN2O4. The highest BCUT2D eigenvalue weighted by molar-refractivity contribution is 5.92. The van der Waals surface area contributed by atoms with Gasteiger partial charge in [0.2, 0.25) is 0 Å². The third-order valence-corrected chi connectivity index (χ3v) is 4.19. The predicted molar refractivity (Wildman–Crippen MR) is 88.3 cm³/mol. The zero-order valence-corrected chi connectivity index (χ0v) is 13.8. The van der Waals surface area contributed by atoms with E-state index in [0.717, 1.165) is 0 Å². The highest BCUT2D eigenvalue weighted by Crippen LogP contribution is 2.25. The molecule has 2 amide bonds. The third kappa shape index (κ3) is 3.56. The Morgan fingerprint density at radius 2 is 1.72 bits per heavy atom. The highest BCUT2D eigenvalue weighted by atomic mass is 19.1. The number of rotatable bonds is 3. The van der Waals surface area contributed by atoms with Crippen molar-refractivity contribution in [2.24, 2.45) is 0 Å². The smallest absolute Gasteiger partial charge is 0.289 e. The topological polar surface area (TPSA) is 74.0 Å². The molecule has 7 heteroatoms. The first-order valence-corrected chi connectivity index (χ1v) is 8.08. The fraction of sp³-hybridized carbons (Fsp3) is 0.333. The Hall–Kier alpha value is -2.67. The van der Waals surface area contributed by atoms with E-state index in [4.69, 9.17) is 4.42 Å². The van der Waals surface area contributed by atoms with Crippen molar-refractivity contribution in [3.8, 4) is 11.3 Å². The summed E-state index contributed by atoms with van der Waals surface area (Å²) in [7, 11) is 0. The molecule has 1 aliphatic heterocycles. The number of hydrogen-bond acceptors (Lipinski definition) is 4. The van der Waals surface area contributed by atoms with Gasteiger partial charge in [0.1, 0.15) is 17.7 Å². The Bertz CT molecular complexity index is 779. The minimum Gasteiger partial charge on any atom is -0.451 e. The summed E-state index contributed by atoms with van der Waals surface area (Å²) in [5.74, 6) is -0.627. The van der Waals surface area contributed by atoms with Crippen molar-refractivity contribution in [1.29, 1.82) is 0 Å². The first kappa shape index (κ1) is 17.2. The van der Waals surface area contributed by atoms with Gasteiger partial charge in [-0.25, -0.2) is 4.39 Å². The van der Waals surface area contributed by atoms with Gasteiger partial charge in [-0.1, -0.05) is 12.1 Å². The average molecular weight is 346 g/mol. The molecule has 2 heterocycles. The number of aliphatic hydroxyl groups excluding tert-OH is 1. The van der Waals surface area contributed by atoms with E-state index in [2.05, 4.69) is 0 Å². The van der Waals surface area contributed by atoms with Crippen molar-refractivity contribution in [3.63, 3.8) is 0 Å². The van der Waals surface area contributed by atoms with Gasteiger partial charge in [-0.15, -0.1) is 0 Å². The van der Waals surface area contributed by atoms with E-state index in [1.807, 2.05) is 0 Å². The lowest BCUT2D eigenvalue weighted by Gasteiger charge is -2.34. The van der Waals surface area contributed by atoms with Crippen molar-refractivity contribution in [1.82, 2.24) is 9.80 Å². The fourth-order valence-corrected chi connectivity index (χ4v) is 2.81. The molecule has 0 radical (unpaired) electrons. The van der Waals surface area contributed by atoms with Crippen molar-refractivity contribution >= 4 is 11.8 Å². The van der Waals surface area contributed by atoms with Crippen LogP contribution in [0.3, 0.4) is 0 Å². The molecule has 3 rings (SSSR count). The summed E-state index contributed by atoms with van der Waals surface area (Å²) in [4.78, 5) is 27.4. The van der Waals surface area contributed by atoms with Gasteiger partial charge in [0.15, 0.2) is 5.76 Å². The number of aliphatic hydroxyl groups is 1. The van der Waals surface area contributed by atoms with Gasteiger partial charge in [-0.05, 0) is 31.2 Å². The minimum atomic E-state index is -1.05. The van der Waals surface area contributed by atoms with Gasteiger partial charge in [-0.3, -0.25) is 9.59 Å². The van der Waals surface area contributed by atoms with Crippen LogP contribution in [0.25, 0.3) is 11.3 Å². The Labute approximate surface area is 144 Å². The number of carbonyl (C=O) groups excluding carboxylic acids is 2. The summed E-state index contributed by atoms with van der Waals surface area (Å²) >= 11 is 0. The van der Waals surface area contributed by atoms with Crippen LogP contribution < -0.4 is 0 Å². The quantitative estimate of drug-likeness (QED) is 0.919. The number of halogens is 1. The Morgan fingerprint density at radius 1 is 1.08 bits per heavy atom. The molecular weight excluding hydrogens is 327 g/mol. The van der Waals surface area contributed by atoms with Gasteiger partial charge in [-0.2, -0.15) is 0 Å². The van der Waals surface area contributed by atoms with Crippen LogP contribution in [0.5, 0.6) is 0 Å². The molecule has 1 aliphatic rings. The van der Waals surface area contributed by atoms with Crippen LogP contribution in [-0.4, -0.2) is 59.0 Å². The molecule has 0 bridgehead atoms. The number of nitrogens with zero attached hydrogens (tertiary/aromatic N) is 2. The van der Waals surface area contributed by atoms with Crippen LogP contribution in [0, 0.1) is 5.82 Å². The Kier molecular flexibility index (Phi) is 4.85. The number of hydrogen-bond donors (Lipinski definition) is 1. The zero-order chi connectivity index (χ0) is 18.0. The van der Waals surface area contributed by atoms with E-state index < -0.39 is 11.9 Å². The molecule has 25 heavy (non-hydrogen) atoms. The van der Waals surface area contributed by atoms with E-state index >= 15 is 0 Å². The number of benzene rings is 1. The van der Waals surface area contributed by atoms with E-state index in [1.165, 1.54) is 24.0 Å². The summed E-state index contributed by atoms with van der Waals surface area (Å²) < 4.78 is 19.3. The normalized spacial score (nSPS) is 16.0. The maximum atomic E-state index is 13.8. The SMILES string of the molecule is CC(O)C(=O)N1CCN(C(=O)c2ccc(-c3ccccc3F)o2)CC1. The van der Waals surface area contributed by atoms with Crippen LogP contribution >= 0.6 is 0 Å². The maximum absolute atomic E-state index is 13.8. The molecule has 1 aromatic heterocycles. The van der Waals surface area contributed by atoms with Crippen molar-refractivity contribution in [2.75, 3.05) is 26.2 Å². The summed E-state index contributed by atoms with van der Waals surface area (Å²) in [5.41, 5.74) is 0.300. The second kappa shape index (κ2) is 7.06. The van der Waals surface area contributed by atoms with Gasteiger partial charge < -0.3 is 19.3 Å². The third-order valence-electron chi connectivity index (χ3n) is 4.19. The largest absolute Gasteiger partial charge is 0.451 e. The minimum absolute atomic E-state index is 0.133. The van der Waals surface area contributed by atoms with Crippen molar-refractivity contribution < 1.29 is 23.5 Å². The second-order valence-corrected chi connectivity index (χ2v) is 5.94. The van der Waals surface area contributed by atoms with Crippen LogP contribution in [-0.2, 0) is 4.79 Å². The summed E-state index contributed by atoms with van der Waals surface area (Å²) in [5, 5.41) is 9.34. The molecule has 0 saturated carbocycles. The second-order valence-electron chi connectivity index (χ2n) is 5.94. The number of amides is 2. The molecule has 1 N–H and O–H groups in total. The van der Waals surface area contributed by atoms with Gasteiger partial charge in [0.05, 0.1) is 5.56 Å². The summed E-state index contributed by atoms with van der Waals surface area (Å²) in [6.07, 6.45) is -1.05. The van der Waals surface area contributed by atoms with Crippen LogP contribution in [0.4, 0.5) is 4.39 Å². The van der Waals surface area contributed by atoms with Crippen molar-refractivity contribution in [2.45, 2.75) is 13.0 Å². The standard InChI is InChI=1S/C18H19FN2O4/c1-12(22)17(23)20-8-10-21(11-9-20)18(24)16-7-6-15(25-16)13-4-2-3-5-14(13)19/h2-7,12,22H,8-11H2,1H3. The van der Waals surface area contributed by atoms with E-state index in [-0.39, 0.29) is 17.6 Å². The van der Waals surface area contributed by atoms with Crippen LogP contribution in [0.1, 0.15) is 17.5 Å². The van der Waals surface area contributed by atoms with Gasteiger partial charge in [0, 0.05) is 26.2 Å². The highest BCUT2D eigenvalue weighted by Gasteiger charge is 2.28. The molecule has 1 aromatic carbocycles. The lowest BCUT2D eigenvalue weighted by molar-refractivity contribution is -0.140. The number of furan rings is 1. The molecule has 2 aromatic rings. The Morgan fingerprint density at radius 3 is 2.36 bits per heavy atom. The molecule has 0 spiro atoms. The number of carbonyl (C=O) groups is 2. The maximum Gasteiger partial charge on any atom is 0.289 e. The molecule has 1 saturated heterocycles. The average Bonchev–Trinajstić information content (AvgIpc) is 3.10. The van der Waals surface area contributed by atoms with E-state index in [1.54, 1.807) is 29.2 Å². The van der Waals surface area contributed by atoms with Crippen molar-refractivity contribution in [3.05, 3.63) is 48.0 Å². The van der Waals surface area contributed by atoms with Gasteiger partial charge in [0.25, 0.3) is 11.8 Å². The lowest BCUT2D eigenvalue weighted by Crippen LogP contribution is -2.52. The zero-order valence-electron chi connectivity index (χ0n) is 13.8. The molecule has 0 aliphatic carbocycles. The van der Waals surface area contributed by atoms with E-state index in [9.17, 15) is 19.1 Å². The predicted octanol–water partition coefficient (Wildman–Crippen LogP) is 1.75. The Balaban J connectivity index is 1.67. The molecule has 6 nitrogen and oxygen atoms in total. The first-order valence-electron chi connectivity index (χ1n) is 8.08. The number of piperazine rings is 1. The summed E-state index contributed by atoms with van der Waals surface area (Å²) in [6.45, 7) is 2.85. The van der Waals surface area contributed by atoms with Crippen LogP contribution in [0.15, 0.2) is 40.8 Å². The molecule has 1 atom stereocenters. The molecule has 1 fully saturated rings. The summed E-state index contributed by atoms with van der Waals surface area (Å²) in [6, 6.07) is 9.29. The molecule has 132 valence electrons. The fourth-order valence-electron chi connectivity index (χ4n) is 2.81. The van der Waals surface area contributed by atoms with E-state index in [0.29, 0.717) is 37.5 Å². The molecule has 1 unspecified atom stereocenters. The van der Waals surface area contributed by atoms with Crippen LogP contribution in [0.2, 0.25) is 0 Å². The first-order chi connectivity index (χ1) is 12.0. The monoisotopic (exact) mass is 346 g/mol.